The van der Waals surface area contributed by atoms with E-state index in [1.54, 1.807) is 24.3 Å². The second-order valence-corrected chi connectivity index (χ2v) is 5.19. The maximum absolute atomic E-state index is 8.30. The Hall–Kier alpha value is -3.38. The largest absolute Gasteiger partial charge is 0.338 e. The van der Waals surface area contributed by atoms with E-state index in [2.05, 4.69) is 23.6 Å². The van der Waals surface area contributed by atoms with Crippen LogP contribution in [0.3, 0.4) is 0 Å². The summed E-state index contributed by atoms with van der Waals surface area (Å²) in [4.78, 5) is 18.0. The summed E-state index contributed by atoms with van der Waals surface area (Å²) in [5.41, 5.74) is 1.86. The minimum absolute atomic E-state index is 0.261. The van der Waals surface area contributed by atoms with Crippen LogP contribution in [0.4, 0.5) is 0 Å². The maximum Gasteiger partial charge on any atom is 0.338 e. The molecule has 116 valence electrons. The van der Waals surface area contributed by atoms with Crippen molar-refractivity contribution in [3.8, 4) is 24.0 Å². The van der Waals surface area contributed by atoms with E-state index in [9.17, 15) is 0 Å². The first-order valence-corrected chi connectivity index (χ1v) is 6.74. The SMILES string of the molecule is CC(C)(c1ccc(OOC#N)cc1)c1ccc(OOC#N)cc1. The van der Waals surface area contributed by atoms with Gasteiger partial charge in [0, 0.05) is 5.41 Å². The Morgan fingerprint density at radius 3 is 1.35 bits per heavy atom. The number of nitrogens with zero attached hydrogens (tertiary/aromatic N) is 2. The Kier molecular flexibility index (Phi) is 4.91. The number of hydrogen-bond acceptors (Lipinski definition) is 6. The molecule has 2 aromatic carbocycles. The Morgan fingerprint density at radius 1 is 0.696 bits per heavy atom. The van der Waals surface area contributed by atoms with E-state index < -0.39 is 0 Å². The van der Waals surface area contributed by atoms with Gasteiger partial charge in [0.1, 0.15) is 0 Å². The first kappa shape index (κ1) is 16.0. The van der Waals surface area contributed by atoms with Crippen LogP contribution >= 0.6 is 0 Å². The van der Waals surface area contributed by atoms with Gasteiger partial charge in [-0.05, 0) is 35.4 Å². The van der Waals surface area contributed by atoms with Crippen LogP contribution in [0.5, 0.6) is 11.5 Å². The Bertz CT molecular complexity index is 662. The standard InChI is InChI=1S/C17H14N2O4/c1-17(2,13-3-7-15(8-4-13)22-20-11-18)14-5-9-16(10-6-14)23-21-12-19/h3-10H,1-2H3. The van der Waals surface area contributed by atoms with Gasteiger partial charge >= 0.3 is 12.5 Å². The summed E-state index contributed by atoms with van der Waals surface area (Å²) >= 11 is 0. The van der Waals surface area contributed by atoms with Gasteiger partial charge in [-0.25, -0.2) is 9.78 Å². The van der Waals surface area contributed by atoms with E-state index in [0.717, 1.165) is 11.1 Å². The third-order valence-corrected chi connectivity index (χ3v) is 3.50. The highest BCUT2D eigenvalue weighted by Crippen LogP contribution is 2.33. The van der Waals surface area contributed by atoms with Gasteiger partial charge in [-0.3, -0.25) is 9.78 Å². The maximum atomic E-state index is 8.30. The van der Waals surface area contributed by atoms with Crippen molar-refractivity contribution >= 4 is 0 Å². The molecule has 0 radical (unpaired) electrons. The fourth-order valence-corrected chi connectivity index (χ4v) is 2.15. The topological polar surface area (TPSA) is 84.5 Å². The van der Waals surface area contributed by atoms with Gasteiger partial charge in [0.2, 0.25) is 0 Å². The molecule has 0 unspecified atom stereocenters. The fraction of sp³-hybridized carbons (Fsp3) is 0.176. The first-order chi connectivity index (χ1) is 11.1. The van der Waals surface area contributed by atoms with E-state index in [4.69, 9.17) is 20.3 Å². The van der Waals surface area contributed by atoms with Gasteiger partial charge in [0.25, 0.3) is 0 Å². The summed E-state index contributed by atoms with van der Waals surface area (Å²) < 4.78 is 0. The molecule has 0 atom stereocenters. The zero-order valence-corrected chi connectivity index (χ0v) is 12.6. The molecule has 0 heterocycles. The molecule has 0 fully saturated rings. The van der Waals surface area contributed by atoms with E-state index in [1.807, 2.05) is 24.3 Å². The van der Waals surface area contributed by atoms with Crippen molar-refractivity contribution in [3.05, 3.63) is 59.7 Å². The zero-order valence-electron chi connectivity index (χ0n) is 12.6. The van der Waals surface area contributed by atoms with Gasteiger partial charge in [-0.1, -0.05) is 38.1 Å². The van der Waals surface area contributed by atoms with E-state index in [-0.39, 0.29) is 5.41 Å². The molecule has 0 saturated heterocycles. The highest BCUT2D eigenvalue weighted by molar-refractivity contribution is 5.41. The fourth-order valence-electron chi connectivity index (χ4n) is 2.15. The third kappa shape index (κ3) is 3.84. The first-order valence-electron chi connectivity index (χ1n) is 6.74. The van der Waals surface area contributed by atoms with Crippen molar-refractivity contribution in [2.75, 3.05) is 0 Å². The van der Waals surface area contributed by atoms with Crippen molar-refractivity contribution in [3.63, 3.8) is 0 Å². The van der Waals surface area contributed by atoms with E-state index in [1.165, 1.54) is 12.5 Å². The van der Waals surface area contributed by atoms with Crippen molar-refractivity contribution in [1.29, 1.82) is 10.5 Å². The van der Waals surface area contributed by atoms with Crippen LogP contribution in [0.1, 0.15) is 25.0 Å². The summed E-state index contributed by atoms with van der Waals surface area (Å²) in [6.45, 7) is 4.16. The average molecular weight is 310 g/mol. The summed E-state index contributed by atoms with van der Waals surface area (Å²) in [5, 5.41) is 16.6. The molecular weight excluding hydrogens is 296 g/mol. The van der Waals surface area contributed by atoms with Crippen LogP contribution < -0.4 is 9.78 Å². The lowest BCUT2D eigenvalue weighted by Crippen LogP contribution is -2.18. The number of hydrogen-bond donors (Lipinski definition) is 0. The lowest BCUT2D eigenvalue weighted by molar-refractivity contribution is -0.136. The van der Waals surface area contributed by atoms with E-state index in [0.29, 0.717) is 11.5 Å². The molecule has 6 heteroatoms. The van der Waals surface area contributed by atoms with Gasteiger partial charge in [-0.2, -0.15) is 0 Å². The van der Waals surface area contributed by atoms with Crippen molar-refractivity contribution in [2.45, 2.75) is 19.3 Å². The third-order valence-electron chi connectivity index (χ3n) is 3.50. The predicted molar refractivity (Wildman–Crippen MR) is 79.7 cm³/mol. The molecule has 0 spiro atoms. The predicted octanol–water partition coefficient (Wildman–Crippen LogP) is 3.60. The van der Waals surface area contributed by atoms with Crippen molar-refractivity contribution in [2.24, 2.45) is 0 Å². The minimum atomic E-state index is -0.261. The van der Waals surface area contributed by atoms with Gasteiger partial charge in [0.15, 0.2) is 11.5 Å². The lowest BCUT2D eigenvalue weighted by Gasteiger charge is -2.26. The molecule has 0 bridgehead atoms. The summed E-state index contributed by atoms with van der Waals surface area (Å²) in [6, 6.07) is 14.5. The molecule has 0 aliphatic heterocycles. The molecule has 0 aromatic heterocycles. The molecule has 0 aliphatic carbocycles. The minimum Gasteiger partial charge on any atom is -0.279 e. The number of benzene rings is 2. The number of nitriles is 2. The molecule has 23 heavy (non-hydrogen) atoms. The zero-order chi connectivity index (χ0) is 16.7. The molecule has 6 nitrogen and oxygen atoms in total. The number of rotatable bonds is 6. The molecule has 2 aromatic rings. The van der Waals surface area contributed by atoms with Gasteiger partial charge in [0.05, 0.1) is 0 Å². The van der Waals surface area contributed by atoms with Crippen LogP contribution in [0.15, 0.2) is 48.5 Å². The van der Waals surface area contributed by atoms with Crippen LogP contribution in [0.2, 0.25) is 0 Å². The Morgan fingerprint density at radius 2 is 1.04 bits per heavy atom. The highest BCUT2D eigenvalue weighted by Gasteiger charge is 2.23. The summed E-state index contributed by atoms with van der Waals surface area (Å²) in [7, 11) is 0. The molecule has 0 N–H and O–H groups in total. The quantitative estimate of drug-likeness (QED) is 0.460. The van der Waals surface area contributed by atoms with Crippen LogP contribution in [-0.2, 0) is 15.2 Å². The monoisotopic (exact) mass is 310 g/mol. The smallest absolute Gasteiger partial charge is 0.279 e. The summed E-state index contributed by atoms with van der Waals surface area (Å²) in [6.07, 6.45) is 2.88. The molecular formula is C17H14N2O4. The van der Waals surface area contributed by atoms with Gasteiger partial charge < -0.3 is 0 Å². The van der Waals surface area contributed by atoms with Gasteiger partial charge in [-0.15, -0.1) is 10.5 Å². The Balaban J connectivity index is 2.17. The van der Waals surface area contributed by atoms with Crippen LogP contribution in [-0.4, -0.2) is 0 Å². The second kappa shape index (κ2) is 7.06. The van der Waals surface area contributed by atoms with Crippen LogP contribution in [0, 0.1) is 23.0 Å². The highest BCUT2D eigenvalue weighted by atomic mass is 17.2. The molecule has 0 amide bonds. The average Bonchev–Trinajstić information content (AvgIpc) is 2.59. The lowest BCUT2D eigenvalue weighted by atomic mass is 9.78. The normalized spacial score (nSPS) is 10.1. The molecule has 0 aliphatic rings. The van der Waals surface area contributed by atoms with Crippen molar-refractivity contribution in [1.82, 2.24) is 0 Å². The van der Waals surface area contributed by atoms with E-state index >= 15 is 0 Å². The molecule has 0 saturated carbocycles. The second-order valence-electron chi connectivity index (χ2n) is 5.19. The van der Waals surface area contributed by atoms with Crippen LogP contribution in [0.25, 0.3) is 0 Å². The van der Waals surface area contributed by atoms with Crippen molar-refractivity contribution < 1.29 is 19.6 Å². The molecule has 2 rings (SSSR count). The Labute approximate surface area is 133 Å². The summed E-state index contributed by atoms with van der Waals surface area (Å²) in [5.74, 6) is 0.895.